The Morgan fingerprint density at radius 3 is 2.06 bits per heavy atom. The van der Waals surface area contributed by atoms with Crippen molar-refractivity contribution in [2.24, 2.45) is 0 Å². The first-order chi connectivity index (χ1) is 15.5. The van der Waals surface area contributed by atoms with Gasteiger partial charge in [-0.1, -0.05) is 69.4 Å². The molecule has 1 aliphatic carbocycles. The molecule has 1 aliphatic rings. The van der Waals surface area contributed by atoms with Crippen molar-refractivity contribution in [2.75, 3.05) is 25.6 Å². The molecule has 178 valence electrons. The number of carbonyl (C=O) groups excluding carboxylic acids is 3. The summed E-state index contributed by atoms with van der Waals surface area (Å²) in [5, 5.41) is 6.00. The summed E-state index contributed by atoms with van der Waals surface area (Å²) in [7, 11) is 1.25. The molecular weight excluding hydrogens is 432 g/mol. The lowest BCUT2D eigenvalue weighted by Crippen LogP contribution is -2.38. The standard InChI is InChI=1S/C24H35ClN2O5/c1-31-24(30)20-15-18(25)13-14-21(20)27-23(29)17-32-16-22(28)26-19-11-9-7-5-3-2-4-6-8-10-12-19/h13-15,19H,2-12,16-17H2,1H3,(H,26,28)(H,27,29). The molecule has 8 heteroatoms. The van der Waals surface area contributed by atoms with Gasteiger partial charge in [-0.15, -0.1) is 0 Å². The number of ether oxygens (including phenoxy) is 2. The average molecular weight is 467 g/mol. The van der Waals surface area contributed by atoms with E-state index >= 15 is 0 Å². The van der Waals surface area contributed by atoms with Crippen LogP contribution in [0.1, 0.15) is 81.0 Å². The van der Waals surface area contributed by atoms with Gasteiger partial charge in [0.05, 0.1) is 18.4 Å². The first-order valence-corrected chi connectivity index (χ1v) is 11.9. The van der Waals surface area contributed by atoms with Gasteiger partial charge in [-0.05, 0) is 31.0 Å². The summed E-state index contributed by atoms with van der Waals surface area (Å²) in [5.41, 5.74) is 0.418. The van der Waals surface area contributed by atoms with Crippen molar-refractivity contribution in [3.8, 4) is 0 Å². The Balaban J connectivity index is 1.75. The van der Waals surface area contributed by atoms with Gasteiger partial charge in [0.1, 0.15) is 13.2 Å². The molecule has 1 fully saturated rings. The fourth-order valence-corrected chi connectivity index (χ4v) is 4.08. The van der Waals surface area contributed by atoms with Crippen molar-refractivity contribution in [1.29, 1.82) is 0 Å². The van der Waals surface area contributed by atoms with E-state index in [-0.39, 0.29) is 36.4 Å². The molecule has 2 amide bonds. The molecule has 32 heavy (non-hydrogen) atoms. The second kappa shape index (κ2) is 14.9. The molecule has 2 N–H and O–H groups in total. The number of hydrogen-bond acceptors (Lipinski definition) is 5. The van der Waals surface area contributed by atoms with Crippen LogP contribution in [-0.4, -0.2) is 44.1 Å². The normalized spacial score (nSPS) is 16.3. The number of hydrogen-bond donors (Lipinski definition) is 2. The van der Waals surface area contributed by atoms with Crippen LogP contribution in [0.2, 0.25) is 5.02 Å². The highest BCUT2D eigenvalue weighted by Gasteiger charge is 2.16. The van der Waals surface area contributed by atoms with E-state index in [1.165, 1.54) is 64.2 Å². The zero-order valence-corrected chi connectivity index (χ0v) is 19.7. The zero-order valence-electron chi connectivity index (χ0n) is 18.9. The Morgan fingerprint density at radius 2 is 1.47 bits per heavy atom. The highest BCUT2D eigenvalue weighted by Crippen LogP contribution is 2.21. The number of esters is 1. The number of nitrogens with one attached hydrogen (secondary N) is 2. The molecule has 0 unspecified atom stereocenters. The lowest BCUT2D eigenvalue weighted by Gasteiger charge is -2.19. The maximum Gasteiger partial charge on any atom is 0.340 e. The Bertz CT molecular complexity index is 744. The minimum absolute atomic E-state index is 0.147. The van der Waals surface area contributed by atoms with E-state index in [1.54, 1.807) is 6.07 Å². The van der Waals surface area contributed by atoms with Crippen LogP contribution in [0.15, 0.2) is 18.2 Å². The zero-order chi connectivity index (χ0) is 23.2. The molecule has 0 heterocycles. The molecule has 0 bridgehead atoms. The third kappa shape index (κ3) is 10.0. The van der Waals surface area contributed by atoms with Gasteiger partial charge in [0.2, 0.25) is 11.8 Å². The Labute approximate surface area is 195 Å². The molecule has 1 aromatic rings. The number of amides is 2. The SMILES string of the molecule is COC(=O)c1cc(Cl)ccc1NC(=O)COCC(=O)NC1CCCCCCCCCCC1. The number of methoxy groups -OCH3 is 1. The van der Waals surface area contributed by atoms with E-state index < -0.39 is 11.9 Å². The summed E-state index contributed by atoms with van der Waals surface area (Å²) >= 11 is 5.91. The van der Waals surface area contributed by atoms with Crippen molar-refractivity contribution >= 4 is 35.1 Å². The predicted molar refractivity (Wildman–Crippen MR) is 125 cm³/mol. The van der Waals surface area contributed by atoms with Crippen LogP contribution in [0, 0.1) is 0 Å². The van der Waals surface area contributed by atoms with Crippen molar-refractivity contribution < 1.29 is 23.9 Å². The number of anilines is 1. The molecule has 1 aromatic carbocycles. The van der Waals surface area contributed by atoms with Crippen LogP contribution in [0.4, 0.5) is 5.69 Å². The molecule has 0 aliphatic heterocycles. The summed E-state index contributed by atoms with van der Waals surface area (Å²) in [4.78, 5) is 36.4. The number of carbonyl (C=O) groups is 3. The van der Waals surface area contributed by atoms with Gasteiger partial charge in [0.25, 0.3) is 0 Å². The van der Waals surface area contributed by atoms with Gasteiger partial charge in [-0.3, -0.25) is 9.59 Å². The van der Waals surface area contributed by atoms with E-state index in [0.717, 1.165) is 25.7 Å². The number of rotatable bonds is 7. The van der Waals surface area contributed by atoms with Gasteiger partial charge in [0, 0.05) is 11.1 Å². The predicted octanol–water partition coefficient (Wildman–Crippen LogP) is 4.87. The maximum absolute atomic E-state index is 12.3. The molecule has 1 saturated carbocycles. The van der Waals surface area contributed by atoms with Crippen LogP contribution < -0.4 is 10.6 Å². The maximum atomic E-state index is 12.3. The van der Waals surface area contributed by atoms with Crippen molar-refractivity contribution in [1.82, 2.24) is 5.32 Å². The summed E-state index contributed by atoms with van der Waals surface area (Å²) in [6, 6.07) is 4.65. The van der Waals surface area contributed by atoms with Crippen LogP contribution in [0.5, 0.6) is 0 Å². The largest absolute Gasteiger partial charge is 0.465 e. The third-order valence-electron chi connectivity index (χ3n) is 5.60. The summed E-state index contributed by atoms with van der Waals surface area (Å²) < 4.78 is 10.0. The first-order valence-electron chi connectivity index (χ1n) is 11.5. The van der Waals surface area contributed by atoms with Crippen LogP contribution in [0.25, 0.3) is 0 Å². The van der Waals surface area contributed by atoms with Crippen molar-refractivity contribution in [3.05, 3.63) is 28.8 Å². The average Bonchev–Trinajstić information content (AvgIpc) is 2.76. The molecule has 0 saturated heterocycles. The van der Waals surface area contributed by atoms with Crippen molar-refractivity contribution in [3.63, 3.8) is 0 Å². The molecule has 0 aromatic heterocycles. The van der Waals surface area contributed by atoms with E-state index in [2.05, 4.69) is 10.6 Å². The van der Waals surface area contributed by atoms with Crippen LogP contribution in [0.3, 0.4) is 0 Å². The summed E-state index contributed by atoms with van der Waals surface area (Å²) in [5.74, 6) is -1.30. The van der Waals surface area contributed by atoms with Crippen molar-refractivity contribution in [2.45, 2.75) is 76.7 Å². The second-order valence-corrected chi connectivity index (χ2v) is 8.68. The van der Waals surface area contributed by atoms with Gasteiger partial charge in [-0.2, -0.15) is 0 Å². The number of halogens is 1. The van der Waals surface area contributed by atoms with E-state index in [9.17, 15) is 14.4 Å². The minimum Gasteiger partial charge on any atom is -0.465 e. The molecular formula is C24H35ClN2O5. The van der Waals surface area contributed by atoms with E-state index in [0.29, 0.717) is 5.02 Å². The lowest BCUT2D eigenvalue weighted by atomic mass is 9.98. The summed E-state index contributed by atoms with van der Waals surface area (Å²) in [6.45, 7) is -0.490. The van der Waals surface area contributed by atoms with Gasteiger partial charge in [-0.25, -0.2) is 4.79 Å². The smallest absolute Gasteiger partial charge is 0.340 e. The van der Waals surface area contributed by atoms with Crippen LogP contribution >= 0.6 is 11.6 Å². The lowest BCUT2D eigenvalue weighted by molar-refractivity contribution is -0.129. The van der Waals surface area contributed by atoms with Gasteiger partial charge < -0.3 is 20.1 Å². The van der Waals surface area contributed by atoms with Crippen LogP contribution in [-0.2, 0) is 19.1 Å². The third-order valence-corrected chi connectivity index (χ3v) is 5.83. The molecule has 2 rings (SSSR count). The Kier molecular flexibility index (Phi) is 12.1. The highest BCUT2D eigenvalue weighted by atomic mass is 35.5. The fourth-order valence-electron chi connectivity index (χ4n) is 3.90. The quantitative estimate of drug-likeness (QED) is 0.559. The monoisotopic (exact) mass is 466 g/mol. The Morgan fingerprint density at radius 1 is 0.906 bits per heavy atom. The first kappa shape index (κ1) is 26.1. The van der Waals surface area contributed by atoms with Gasteiger partial charge >= 0.3 is 5.97 Å². The van der Waals surface area contributed by atoms with Gasteiger partial charge in [0.15, 0.2) is 0 Å². The second-order valence-electron chi connectivity index (χ2n) is 8.25. The minimum atomic E-state index is -0.611. The molecule has 0 spiro atoms. The fraction of sp³-hybridized carbons (Fsp3) is 0.625. The summed E-state index contributed by atoms with van der Waals surface area (Å²) in [6.07, 6.45) is 13.1. The topological polar surface area (TPSA) is 93.7 Å². The molecule has 0 radical (unpaired) electrons. The molecule has 0 atom stereocenters. The van der Waals surface area contributed by atoms with E-state index in [1.807, 2.05) is 0 Å². The highest BCUT2D eigenvalue weighted by molar-refractivity contribution is 6.31. The van der Waals surface area contributed by atoms with E-state index in [4.69, 9.17) is 21.1 Å². The molecule has 7 nitrogen and oxygen atoms in total. The number of benzene rings is 1. The Hall–Kier alpha value is -2.12.